The van der Waals surface area contributed by atoms with Crippen molar-refractivity contribution in [2.75, 3.05) is 12.8 Å². The van der Waals surface area contributed by atoms with Crippen molar-refractivity contribution in [2.24, 2.45) is 0 Å². The molecule has 26 heavy (non-hydrogen) atoms. The molecule has 0 radical (unpaired) electrons. The van der Waals surface area contributed by atoms with Gasteiger partial charge in [-0.25, -0.2) is 4.98 Å². The summed E-state index contributed by atoms with van der Waals surface area (Å²) in [5.41, 5.74) is 10.1. The molecule has 0 aliphatic rings. The summed E-state index contributed by atoms with van der Waals surface area (Å²) in [5.74, 6) is -0.0307. The third-order valence-electron chi connectivity index (χ3n) is 4.53. The molecule has 1 amide bonds. The van der Waals surface area contributed by atoms with Gasteiger partial charge in [-0.3, -0.25) is 9.78 Å². The molecule has 3 rings (SSSR count). The molecule has 2 N–H and O–H groups in total. The van der Waals surface area contributed by atoms with Gasteiger partial charge in [-0.05, 0) is 44.5 Å². The smallest absolute Gasteiger partial charge is 0.254 e. The highest BCUT2D eigenvalue weighted by molar-refractivity contribution is 7.11. The quantitative estimate of drug-likeness (QED) is 0.750. The molecule has 5 nitrogen and oxygen atoms in total. The molecular weight excluding hydrogens is 344 g/mol. The van der Waals surface area contributed by atoms with Gasteiger partial charge in [-0.15, -0.1) is 11.3 Å². The summed E-state index contributed by atoms with van der Waals surface area (Å²) in [4.78, 5) is 24.3. The Morgan fingerprint density at radius 2 is 1.88 bits per heavy atom. The molecule has 0 bridgehead atoms. The minimum atomic E-state index is -0.0806. The Morgan fingerprint density at radius 1 is 1.19 bits per heavy atom. The largest absolute Gasteiger partial charge is 0.397 e. The Kier molecular flexibility index (Phi) is 5.04. The van der Waals surface area contributed by atoms with Crippen molar-refractivity contribution in [2.45, 2.75) is 26.8 Å². The van der Waals surface area contributed by atoms with Crippen LogP contribution in [-0.4, -0.2) is 27.8 Å². The molecule has 1 aromatic carbocycles. The molecule has 3 aromatic rings. The van der Waals surface area contributed by atoms with Crippen LogP contribution < -0.4 is 5.73 Å². The first-order valence-electron chi connectivity index (χ1n) is 8.39. The van der Waals surface area contributed by atoms with E-state index in [2.05, 4.69) is 9.97 Å². The Labute approximate surface area is 157 Å². The number of nitrogens with two attached hydrogens (primary N) is 1. The van der Waals surface area contributed by atoms with Crippen LogP contribution >= 0.6 is 11.3 Å². The number of rotatable bonds is 4. The molecule has 0 aliphatic carbocycles. The van der Waals surface area contributed by atoms with Gasteiger partial charge >= 0.3 is 0 Å². The molecule has 0 saturated heterocycles. The fourth-order valence-corrected chi connectivity index (χ4v) is 3.87. The van der Waals surface area contributed by atoms with Crippen molar-refractivity contribution in [3.8, 4) is 11.1 Å². The van der Waals surface area contributed by atoms with E-state index in [1.807, 2.05) is 58.2 Å². The van der Waals surface area contributed by atoms with Crippen LogP contribution in [0, 0.1) is 13.8 Å². The summed E-state index contributed by atoms with van der Waals surface area (Å²) in [6, 6.07) is 9.28. The molecule has 0 spiro atoms. The number of benzene rings is 1. The van der Waals surface area contributed by atoms with Crippen LogP contribution in [0.25, 0.3) is 11.1 Å². The zero-order chi connectivity index (χ0) is 18.8. The van der Waals surface area contributed by atoms with Crippen LogP contribution in [-0.2, 0) is 0 Å². The number of amides is 1. The molecular formula is C20H22N4OS. The van der Waals surface area contributed by atoms with Crippen molar-refractivity contribution in [1.29, 1.82) is 0 Å². The first kappa shape index (κ1) is 18.1. The van der Waals surface area contributed by atoms with Gasteiger partial charge < -0.3 is 10.6 Å². The summed E-state index contributed by atoms with van der Waals surface area (Å²) in [6.07, 6.45) is 3.33. The number of carbonyl (C=O) groups is 1. The topological polar surface area (TPSA) is 72.1 Å². The highest BCUT2D eigenvalue weighted by Gasteiger charge is 2.22. The normalized spacial score (nSPS) is 12.0. The van der Waals surface area contributed by atoms with Gasteiger partial charge in [0.2, 0.25) is 0 Å². The van der Waals surface area contributed by atoms with Crippen LogP contribution in [0.3, 0.4) is 0 Å². The number of aryl methyl sites for hydroxylation is 2. The maximum Gasteiger partial charge on any atom is 0.254 e. The summed E-state index contributed by atoms with van der Waals surface area (Å²) in [6.45, 7) is 6.04. The Morgan fingerprint density at radius 3 is 2.46 bits per heavy atom. The second-order valence-electron chi connectivity index (χ2n) is 6.31. The number of nitrogens with zero attached hydrogens (tertiary/aromatic N) is 3. The van der Waals surface area contributed by atoms with Crippen molar-refractivity contribution < 1.29 is 4.79 Å². The van der Waals surface area contributed by atoms with E-state index in [0.29, 0.717) is 11.3 Å². The van der Waals surface area contributed by atoms with Gasteiger partial charge in [0.1, 0.15) is 0 Å². The summed E-state index contributed by atoms with van der Waals surface area (Å²) < 4.78 is 0. The lowest BCUT2D eigenvalue weighted by molar-refractivity contribution is 0.0740. The first-order chi connectivity index (χ1) is 12.4. The molecule has 2 aromatic heterocycles. The van der Waals surface area contributed by atoms with E-state index >= 15 is 0 Å². The minimum Gasteiger partial charge on any atom is -0.397 e. The van der Waals surface area contributed by atoms with Crippen molar-refractivity contribution >= 4 is 22.9 Å². The van der Waals surface area contributed by atoms with E-state index in [-0.39, 0.29) is 11.9 Å². The predicted molar refractivity (Wildman–Crippen MR) is 106 cm³/mol. The van der Waals surface area contributed by atoms with E-state index in [1.165, 1.54) is 0 Å². The van der Waals surface area contributed by atoms with Crippen LogP contribution in [0.5, 0.6) is 0 Å². The number of pyridine rings is 1. The number of carbonyl (C=O) groups excluding carboxylic acids is 1. The van der Waals surface area contributed by atoms with E-state index in [4.69, 9.17) is 5.73 Å². The van der Waals surface area contributed by atoms with Gasteiger partial charge in [-0.1, -0.05) is 12.1 Å². The third kappa shape index (κ3) is 3.46. The average molecular weight is 366 g/mol. The molecule has 0 saturated carbocycles. The van der Waals surface area contributed by atoms with Crippen LogP contribution in [0.2, 0.25) is 0 Å². The summed E-state index contributed by atoms with van der Waals surface area (Å²) in [7, 11) is 1.82. The maximum atomic E-state index is 12.9. The van der Waals surface area contributed by atoms with E-state index in [9.17, 15) is 4.79 Å². The second-order valence-corrected chi connectivity index (χ2v) is 7.71. The van der Waals surface area contributed by atoms with Gasteiger partial charge in [0.15, 0.2) is 0 Å². The van der Waals surface area contributed by atoms with Crippen LogP contribution in [0.1, 0.15) is 38.9 Å². The minimum absolute atomic E-state index is 0.0307. The van der Waals surface area contributed by atoms with E-state index in [0.717, 1.165) is 26.7 Å². The van der Waals surface area contributed by atoms with Crippen molar-refractivity contribution in [3.63, 3.8) is 0 Å². The fraction of sp³-hybridized carbons (Fsp3) is 0.250. The monoisotopic (exact) mass is 366 g/mol. The number of hydrogen-bond acceptors (Lipinski definition) is 5. The van der Waals surface area contributed by atoms with Crippen molar-refractivity contribution in [1.82, 2.24) is 14.9 Å². The molecule has 134 valence electrons. The zero-order valence-corrected chi connectivity index (χ0v) is 16.2. The first-order valence-corrected chi connectivity index (χ1v) is 9.21. The average Bonchev–Trinajstić information content (AvgIpc) is 2.98. The Bertz CT molecular complexity index is 933. The van der Waals surface area contributed by atoms with Crippen LogP contribution in [0.15, 0.2) is 42.7 Å². The lowest BCUT2D eigenvalue weighted by atomic mass is 10.0. The highest BCUT2D eigenvalue weighted by Crippen LogP contribution is 2.28. The van der Waals surface area contributed by atoms with Gasteiger partial charge in [0, 0.05) is 29.2 Å². The van der Waals surface area contributed by atoms with Gasteiger partial charge in [-0.2, -0.15) is 0 Å². The predicted octanol–water partition coefficient (Wildman–Crippen LogP) is 4.24. The number of thiazole rings is 1. The van der Waals surface area contributed by atoms with E-state index < -0.39 is 0 Å². The Hall–Kier alpha value is -2.73. The molecule has 1 atom stereocenters. The zero-order valence-electron chi connectivity index (χ0n) is 15.4. The molecule has 2 heterocycles. The van der Waals surface area contributed by atoms with E-state index in [1.54, 1.807) is 28.6 Å². The molecule has 0 unspecified atom stereocenters. The number of anilines is 1. The summed E-state index contributed by atoms with van der Waals surface area (Å²) in [5, 5.41) is 1.02. The second kappa shape index (κ2) is 7.25. The number of hydrogen-bond donors (Lipinski definition) is 1. The maximum absolute atomic E-state index is 12.9. The summed E-state index contributed by atoms with van der Waals surface area (Å²) >= 11 is 1.66. The lowest BCUT2D eigenvalue weighted by Gasteiger charge is -2.24. The van der Waals surface area contributed by atoms with Crippen molar-refractivity contribution in [3.05, 3.63) is 63.9 Å². The van der Waals surface area contributed by atoms with Gasteiger partial charge in [0.25, 0.3) is 5.91 Å². The van der Waals surface area contributed by atoms with Crippen LogP contribution in [0.4, 0.5) is 5.69 Å². The standard InChI is InChI=1S/C20H22N4OS/c1-12(19-13(2)26-14(3)23-19)24(4)20(25)16-7-5-15(6-8-16)17-9-10-22-11-18(17)21/h5-12H,21H2,1-4H3/t12-/m0/s1. The lowest BCUT2D eigenvalue weighted by Crippen LogP contribution is -2.30. The van der Waals surface area contributed by atoms with Gasteiger partial charge in [0.05, 0.1) is 28.6 Å². The molecule has 0 fully saturated rings. The fourth-order valence-electron chi connectivity index (χ4n) is 2.96. The number of aromatic nitrogens is 2. The Balaban J connectivity index is 1.81. The third-order valence-corrected chi connectivity index (χ3v) is 5.43. The SMILES string of the molecule is Cc1nc([C@H](C)N(C)C(=O)c2ccc(-c3ccncc3N)cc2)c(C)s1. The molecule has 6 heteroatoms. The molecule has 0 aliphatic heterocycles. The number of nitrogen functional groups attached to an aromatic ring is 1. The highest BCUT2D eigenvalue weighted by atomic mass is 32.1.